The second-order valence-corrected chi connectivity index (χ2v) is 6.90. The van der Waals surface area contributed by atoms with Gasteiger partial charge in [0.05, 0.1) is 12.8 Å². The number of furan rings is 1. The lowest BCUT2D eigenvalue weighted by atomic mass is 10.0. The number of amides is 1. The van der Waals surface area contributed by atoms with Gasteiger partial charge in [0.15, 0.2) is 0 Å². The standard InChI is InChI=1S/C20H23N5O2/c1-23-10-7-16(8-11-23)25(14-17-4-3-13-27-17)20(26)18-5-2-6-19(22-18)24-12-9-21-15-24/h2-6,9,12-13,15-16H,7-8,10-11,14H2,1H3. The van der Waals surface area contributed by atoms with E-state index < -0.39 is 0 Å². The number of carbonyl (C=O) groups excluding carboxylic acids is 1. The fourth-order valence-electron chi connectivity index (χ4n) is 3.47. The van der Waals surface area contributed by atoms with E-state index in [0.717, 1.165) is 31.7 Å². The molecule has 0 bridgehead atoms. The molecule has 1 amide bonds. The Kier molecular flexibility index (Phi) is 5.02. The molecule has 0 aliphatic carbocycles. The van der Waals surface area contributed by atoms with Gasteiger partial charge in [0.1, 0.15) is 23.6 Å². The summed E-state index contributed by atoms with van der Waals surface area (Å²) in [6.45, 7) is 2.42. The first kappa shape index (κ1) is 17.5. The van der Waals surface area contributed by atoms with E-state index in [1.807, 2.05) is 35.4 Å². The average molecular weight is 365 g/mol. The number of rotatable bonds is 5. The highest BCUT2D eigenvalue weighted by molar-refractivity contribution is 5.92. The maximum Gasteiger partial charge on any atom is 0.273 e. The van der Waals surface area contributed by atoms with Crippen LogP contribution >= 0.6 is 0 Å². The third-order valence-electron chi connectivity index (χ3n) is 5.02. The summed E-state index contributed by atoms with van der Waals surface area (Å²) in [4.78, 5) is 26.2. The van der Waals surface area contributed by atoms with Crippen molar-refractivity contribution < 1.29 is 9.21 Å². The molecule has 1 saturated heterocycles. The lowest BCUT2D eigenvalue weighted by molar-refractivity contribution is 0.0545. The second-order valence-electron chi connectivity index (χ2n) is 6.90. The molecule has 0 spiro atoms. The number of piperidine rings is 1. The zero-order valence-corrected chi connectivity index (χ0v) is 15.4. The molecule has 1 fully saturated rings. The monoisotopic (exact) mass is 365 g/mol. The van der Waals surface area contributed by atoms with Gasteiger partial charge in [0.2, 0.25) is 0 Å². The minimum Gasteiger partial charge on any atom is -0.467 e. The highest BCUT2D eigenvalue weighted by Gasteiger charge is 2.29. The van der Waals surface area contributed by atoms with E-state index in [9.17, 15) is 4.79 Å². The van der Waals surface area contributed by atoms with Gasteiger partial charge in [-0.3, -0.25) is 9.36 Å². The molecule has 1 aliphatic heterocycles. The maximum atomic E-state index is 13.4. The fraction of sp³-hybridized carbons (Fsp3) is 0.350. The van der Waals surface area contributed by atoms with Crippen LogP contribution in [-0.2, 0) is 6.54 Å². The van der Waals surface area contributed by atoms with Crippen molar-refractivity contribution in [2.24, 2.45) is 0 Å². The van der Waals surface area contributed by atoms with Gasteiger partial charge in [-0.05, 0) is 57.2 Å². The lowest BCUT2D eigenvalue weighted by Crippen LogP contribution is -2.46. The number of pyridine rings is 1. The van der Waals surface area contributed by atoms with Crippen molar-refractivity contribution >= 4 is 5.91 Å². The number of nitrogens with zero attached hydrogens (tertiary/aromatic N) is 5. The first-order valence-corrected chi connectivity index (χ1v) is 9.18. The molecule has 4 heterocycles. The van der Waals surface area contributed by atoms with Crippen molar-refractivity contribution in [1.82, 2.24) is 24.3 Å². The van der Waals surface area contributed by atoms with E-state index in [2.05, 4.69) is 21.9 Å². The molecule has 0 saturated carbocycles. The molecule has 7 heteroatoms. The zero-order valence-electron chi connectivity index (χ0n) is 15.4. The van der Waals surface area contributed by atoms with E-state index in [0.29, 0.717) is 18.1 Å². The van der Waals surface area contributed by atoms with E-state index >= 15 is 0 Å². The smallest absolute Gasteiger partial charge is 0.273 e. The quantitative estimate of drug-likeness (QED) is 0.695. The number of aromatic nitrogens is 3. The molecule has 0 aromatic carbocycles. The molecule has 0 radical (unpaired) electrons. The predicted molar refractivity (Wildman–Crippen MR) is 100 cm³/mol. The summed E-state index contributed by atoms with van der Waals surface area (Å²) in [5, 5.41) is 0. The van der Waals surface area contributed by atoms with Gasteiger partial charge in [-0.25, -0.2) is 9.97 Å². The third kappa shape index (κ3) is 3.93. The van der Waals surface area contributed by atoms with Crippen LogP contribution in [0, 0.1) is 0 Å². The summed E-state index contributed by atoms with van der Waals surface area (Å²) in [5.74, 6) is 1.40. The van der Waals surface area contributed by atoms with Gasteiger partial charge in [-0.1, -0.05) is 6.07 Å². The van der Waals surface area contributed by atoms with Crippen LogP contribution in [0.5, 0.6) is 0 Å². The van der Waals surface area contributed by atoms with Crippen molar-refractivity contribution in [3.05, 3.63) is 66.8 Å². The minimum absolute atomic E-state index is 0.0667. The van der Waals surface area contributed by atoms with Crippen molar-refractivity contribution in [2.45, 2.75) is 25.4 Å². The first-order valence-electron chi connectivity index (χ1n) is 9.18. The first-order chi connectivity index (χ1) is 13.2. The Morgan fingerprint density at radius 1 is 1.26 bits per heavy atom. The van der Waals surface area contributed by atoms with Crippen molar-refractivity contribution in [3.8, 4) is 5.82 Å². The Hall–Kier alpha value is -2.93. The number of likely N-dealkylation sites (tertiary alicyclic amines) is 1. The molecular formula is C20H23N5O2. The topological polar surface area (TPSA) is 67.4 Å². The van der Waals surface area contributed by atoms with E-state index in [-0.39, 0.29) is 11.9 Å². The molecule has 140 valence electrons. The molecule has 7 nitrogen and oxygen atoms in total. The summed E-state index contributed by atoms with van der Waals surface area (Å²) < 4.78 is 7.30. The Morgan fingerprint density at radius 3 is 2.81 bits per heavy atom. The molecule has 0 N–H and O–H groups in total. The molecule has 0 atom stereocenters. The van der Waals surface area contributed by atoms with Crippen LogP contribution < -0.4 is 0 Å². The van der Waals surface area contributed by atoms with Crippen LogP contribution in [-0.4, -0.2) is 56.4 Å². The van der Waals surface area contributed by atoms with Gasteiger partial charge < -0.3 is 14.2 Å². The van der Waals surface area contributed by atoms with Gasteiger partial charge in [-0.2, -0.15) is 0 Å². The highest BCUT2D eigenvalue weighted by Crippen LogP contribution is 2.21. The Bertz CT molecular complexity index is 868. The average Bonchev–Trinajstić information content (AvgIpc) is 3.41. The second kappa shape index (κ2) is 7.75. The van der Waals surface area contributed by atoms with Gasteiger partial charge in [0.25, 0.3) is 5.91 Å². The molecule has 27 heavy (non-hydrogen) atoms. The summed E-state index contributed by atoms with van der Waals surface area (Å²) >= 11 is 0. The normalized spacial score (nSPS) is 15.7. The van der Waals surface area contributed by atoms with Crippen molar-refractivity contribution in [3.63, 3.8) is 0 Å². The molecule has 0 unspecified atom stereocenters. The maximum absolute atomic E-state index is 13.4. The van der Waals surface area contributed by atoms with Crippen LogP contribution in [0.25, 0.3) is 5.82 Å². The number of hydrogen-bond acceptors (Lipinski definition) is 5. The van der Waals surface area contributed by atoms with Gasteiger partial charge >= 0.3 is 0 Å². The summed E-state index contributed by atoms with van der Waals surface area (Å²) in [5.41, 5.74) is 0.437. The SMILES string of the molecule is CN1CCC(N(Cc2ccco2)C(=O)c2cccc(-n3ccnc3)n2)CC1. The lowest BCUT2D eigenvalue weighted by Gasteiger charge is -2.36. The molecular weight excluding hydrogens is 342 g/mol. The van der Waals surface area contributed by atoms with Crippen LogP contribution in [0.1, 0.15) is 29.1 Å². The van der Waals surface area contributed by atoms with Gasteiger partial charge in [-0.15, -0.1) is 0 Å². The van der Waals surface area contributed by atoms with E-state index in [1.165, 1.54) is 0 Å². The van der Waals surface area contributed by atoms with Gasteiger partial charge in [0, 0.05) is 18.4 Å². The van der Waals surface area contributed by atoms with Crippen LogP contribution in [0.15, 0.2) is 59.7 Å². The van der Waals surface area contributed by atoms with Crippen LogP contribution in [0.3, 0.4) is 0 Å². The minimum atomic E-state index is -0.0667. The number of carbonyl (C=O) groups is 1. The molecule has 1 aliphatic rings. The van der Waals surface area contributed by atoms with Crippen molar-refractivity contribution in [2.75, 3.05) is 20.1 Å². The molecule has 3 aromatic heterocycles. The Balaban J connectivity index is 1.61. The highest BCUT2D eigenvalue weighted by atomic mass is 16.3. The Labute approximate surface area is 158 Å². The zero-order chi connectivity index (χ0) is 18.6. The predicted octanol–water partition coefficient (Wildman–Crippen LogP) is 2.60. The summed E-state index contributed by atoms with van der Waals surface area (Å²) in [6, 6.07) is 9.43. The van der Waals surface area contributed by atoms with Crippen LogP contribution in [0.4, 0.5) is 0 Å². The molecule has 3 aromatic rings. The Morgan fingerprint density at radius 2 is 2.11 bits per heavy atom. The third-order valence-corrected chi connectivity index (χ3v) is 5.02. The molecule has 4 rings (SSSR count). The van der Waals surface area contributed by atoms with E-state index in [4.69, 9.17) is 4.42 Å². The fourth-order valence-corrected chi connectivity index (χ4v) is 3.47. The number of imidazole rings is 1. The van der Waals surface area contributed by atoms with Crippen molar-refractivity contribution in [1.29, 1.82) is 0 Å². The van der Waals surface area contributed by atoms with Crippen LogP contribution in [0.2, 0.25) is 0 Å². The largest absolute Gasteiger partial charge is 0.467 e. The van der Waals surface area contributed by atoms with E-state index in [1.54, 1.807) is 29.4 Å². The number of hydrogen-bond donors (Lipinski definition) is 0. The summed E-state index contributed by atoms with van der Waals surface area (Å²) in [6.07, 6.45) is 8.72. The summed E-state index contributed by atoms with van der Waals surface area (Å²) in [7, 11) is 2.12.